The summed E-state index contributed by atoms with van der Waals surface area (Å²) < 4.78 is 5.31. The predicted octanol–water partition coefficient (Wildman–Crippen LogP) is 2.31. The van der Waals surface area contributed by atoms with Crippen molar-refractivity contribution < 1.29 is 14.3 Å². The molecule has 0 aliphatic heterocycles. The van der Waals surface area contributed by atoms with Gasteiger partial charge in [-0.1, -0.05) is 12.8 Å². The molecule has 18 heavy (non-hydrogen) atoms. The molecule has 102 valence electrons. The van der Waals surface area contributed by atoms with E-state index in [-0.39, 0.29) is 30.8 Å². The van der Waals surface area contributed by atoms with E-state index in [9.17, 15) is 9.59 Å². The summed E-state index contributed by atoms with van der Waals surface area (Å²) in [5, 5.41) is 2.98. The van der Waals surface area contributed by atoms with Gasteiger partial charge in [0.25, 0.3) is 0 Å². The summed E-state index contributed by atoms with van der Waals surface area (Å²) in [5.74, 6) is -0.228. The minimum Gasteiger partial charge on any atom is -0.462 e. The van der Waals surface area contributed by atoms with Crippen LogP contribution in [-0.4, -0.2) is 24.0 Å². The molecule has 0 spiro atoms. The van der Waals surface area contributed by atoms with E-state index < -0.39 is 0 Å². The molecule has 0 aromatic heterocycles. The highest BCUT2D eigenvalue weighted by Gasteiger charge is 2.21. The van der Waals surface area contributed by atoms with Crippen molar-refractivity contribution in [2.24, 2.45) is 0 Å². The lowest BCUT2D eigenvalue weighted by molar-refractivity contribution is -0.149. The van der Waals surface area contributed by atoms with Gasteiger partial charge in [0, 0.05) is 12.5 Å². The van der Waals surface area contributed by atoms with E-state index in [0.717, 1.165) is 38.5 Å². The lowest BCUT2D eigenvalue weighted by atomic mass is 10.2. The quantitative estimate of drug-likeness (QED) is 0.765. The molecule has 0 bridgehead atoms. The molecule has 0 aromatic carbocycles. The third-order valence-electron chi connectivity index (χ3n) is 3.88. The second-order valence-corrected chi connectivity index (χ2v) is 5.45. The number of carbonyl (C=O) groups excluding carboxylic acids is 2. The number of amides is 1. The normalized spacial score (nSPS) is 21.1. The fourth-order valence-electron chi connectivity index (χ4n) is 2.84. The number of nitrogens with one attached hydrogen (secondary N) is 1. The van der Waals surface area contributed by atoms with Gasteiger partial charge in [0.05, 0.1) is 6.42 Å². The molecule has 2 saturated carbocycles. The number of esters is 1. The summed E-state index contributed by atoms with van der Waals surface area (Å²) in [5.41, 5.74) is 0. The predicted molar refractivity (Wildman–Crippen MR) is 68.0 cm³/mol. The standard InChI is InChI=1S/C14H23NO3/c16-13(15-11-5-1-2-6-11)9-10-14(17)18-12-7-3-4-8-12/h11-12H,1-10H2,(H,15,16). The molecule has 4 heteroatoms. The number of carbonyl (C=O) groups is 2. The van der Waals surface area contributed by atoms with E-state index in [1.165, 1.54) is 12.8 Å². The lowest BCUT2D eigenvalue weighted by Gasteiger charge is -2.13. The Morgan fingerprint density at radius 3 is 2.22 bits per heavy atom. The SMILES string of the molecule is O=C(CCC(=O)OC1CCCC1)NC1CCCC1. The summed E-state index contributed by atoms with van der Waals surface area (Å²) in [7, 11) is 0. The van der Waals surface area contributed by atoms with Gasteiger partial charge in [0.2, 0.25) is 5.91 Å². The van der Waals surface area contributed by atoms with Crippen LogP contribution in [0.3, 0.4) is 0 Å². The first kappa shape index (κ1) is 13.4. The molecule has 0 radical (unpaired) electrons. The Kier molecular flexibility index (Phi) is 5.02. The number of rotatable bonds is 5. The smallest absolute Gasteiger partial charge is 0.306 e. The topological polar surface area (TPSA) is 55.4 Å². The van der Waals surface area contributed by atoms with Crippen molar-refractivity contribution in [1.82, 2.24) is 5.32 Å². The highest BCUT2D eigenvalue weighted by Crippen LogP contribution is 2.21. The van der Waals surface area contributed by atoms with Crippen molar-refractivity contribution in [1.29, 1.82) is 0 Å². The maximum Gasteiger partial charge on any atom is 0.306 e. The summed E-state index contributed by atoms with van der Waals surface area (Å²) in [6, 6.07) is 0.336. The first-order valence-electron chi connectivity index (χ1n) is 7.23. The Morgan fingerprint density at radius 2 is 1.56 bits per heavy atom. The number of hydrogen-bond acceptors (Lipinski definition) is 3. The van der Waals surface area contributed by atoms with Crippen LogP contribution in [0.25, 0.3) is 0 Å². The molecule has 4 nitrogen and oxygen atoms in total. The molecule has 0 saturated heterocycles. The molecule has 0 atom stereocenters. The molecule has 0 heterocycles. The summed E-state index contributed by atoms with van der Waals surface area (Å²) in [4.78, 5) is 23.2. The van der Waals surface area contributed by atoms with Crippen LogP contribution >= 0.6 is 0 Å². The van der Waals surface area contributed by atoms with Crippen LogP contribution in [0.15, 0.2) is 0 Å². The highest BCUT2D eigenvalue weighted by molar-refractivity contribution is 5.81. The zero-order valence-corrected chi connectivity index (χ0v) is 11.0. The number of ether oxygens (including phenoxy) is 1. The molecule has 2 aliphatic rings. The zero-order chi connectivity index (χ0) is 12.8. The Balaban J connectivity index is 1.57. The molecule has 1 N–H and O–H groups in total. The van der Waals surface area contributed by atoms with E-state index in [4.69, 9.17) is 4.74 Å². The van der Waals surface area contributed by atoms with Crippen LogP contribution < -0.4 is 5.32 Å². The monoisotopic (exact) mass is 253 g/mol. The van der Waals surface area contributed by atoms with Crippen molar-refractivity contribution in [3.8, 4) is 0 Å². The largest absolute Gasteiger partial charge is 0.462 e. The van der Waals surface area contributed by atoms with E-state index in [1.54, 1.807) is 0 Å². The Bertz CT molecular complexity index is 261. The fraction of sp³-hybridized carbons (Fsp3) is 0.857. The minimum atomic E-state index is -0.219. The molecule has 2 aliphatic carbocycles. The van der Waals surface area contributed by atoms with E-state index in [2.05, 4.69) is 5.32 Å². The molecule has 2 fully saturated rings. The van der Waals surface area contributed by atoms with Crippen molar-refractivity contribution in [3.05, 3.63) is 0 Å². The van der Waals surface area contributed by atoms with Crippen LogP contribution in [-0.2, 0) is 14.3 Å². The summed E-state index contributed by atoms with van der Waals surface area (Å²) >= 11 is 0. The first-order chi connectivity index (χ1) is 8.74. The second kappa shape index (κ2) is 6.76. The van der Waals surface area contributed by atoms with Gasteiger partial charge in [-0.2, -0.15) is 0 Å². The van der Waals surface area contributed by atoms with Crippen LogP contribution in [0.2, 0.25) is 0 Å². The van der Waals surface area contributed by atoms with Gasteiger partial charge in [0.15, 0.2) is 0 Å². The van der Waals surface area contributed by atoms with Crippen LogP contribution in [0.4, 0.5) is 0 Å². The maximum atomic E-state index is 11.6. The number of hydrogen-bond donors (Lipinski definition) is 1. The van der Waals surface area contributed by atoms with Gasteiger partial charge in [0.1, 0.15) is 6.10 Å². The second-order valence-electron chi connectivity index (χ2n) is 5.45. The average molecular weight is 253 g/mol. The molecule has 1 amide bonds. The van der Waals surface area contributed by atoms with Crippen LogP contribution in [0.5, 0.6) is 0 Å². The highest BCUT2D eigenvalue weighted by atomic mass is 16.5. The molecular formula is C14H23NO3. The third kappa shape index (κ3) is 4.31. The molecule has 2 rings (SSSR count). The van der Waals surface area contributed by atoms with Crippen molar-refractivity contribution in [3.63, 3.8) is 0 Å². The fourth-order valence-corrected chi connectivity index (χ4v) is 2.84. The summed E-state index contributed by atoms with van der Waals surface area (Å²) in [6.07, 6.45) is 9.44. The Morgan fingerprint density at radius 1 is 0.944 bits per heavy atom. The van der Waals surface area contributed by atoms with Crippen LogP contribution in [0, 0.1) is 0 Å². The zero-order valence-electron chi connectivity index (χ0n) is 11.0. The molecule has 0 aromatic rings. The minimum absolute atomic E-state index is 0.00901. The Labute approximate surface area is 108 Å². The van der Waals surface area contributed by atoms with Gasteiger partial charge < -0.3 is 10.1 Å². The van der Waals surface area contributed by atoms with Crippen molar-refractivity contribution in [2.45, 2.75) is 76.4 Å². The van der Waals surface area contributed by atoms with E-state index in [1.807, 2.05) is 0 Å². The maximum absolute atomic E-state index is 11.6. The van der Waals surface area contributed by atoms with Gasteiger partial charge in [-0.05, 0) is 38.5 Å². The van der Waals surface area contributed by atoms with Gasteiger partial charge >= 0.3 is 5.97 Å². The Hall–Kier alpha value is -1.06. The van der Waals surface area contributed by atoms with E-state index >= 15 is 0 Å². The third-order valence-corrected chi connectivity index (χ3v) is 3.88. The van der Waals surface area contributed by atoms with Crippen molar-refractivity contribution >= 4 is 11.9 Å². The van der Waals surface area contributed by atoms with E-state index in [0.29, 0.717) is 6.04 Å². The average Bonchev–Trinajstić information content (AvgIpc) is 2.99. The molecule has 0 unspecified atom stereocenters. The molecular weight excluding hydrogens is 230 g/mol. The lowest BCUT2D eigenvalue weighted by Crippen LogP contribution is -2.32. The summed E-state index contributed by atoms with van der Waals surface area (Å²) in [6.45, 7) is 0. The van der Waals surface area contributed by atoms with Gasteiger partial charge in [-0.25, -0.2) is 0 Å². The van der Waals surface area contributed by atoms with Gasteiger partial charge in [-0.15, -0.1) is 0 Å². The van der Waals surface area contributed by atoms with Gasteiger partial charge in [-0.3, -0.25) is 9.59 Å². The van der Waals surface area contributed by atoms with Crippen LogP contribution in [0.1, 0.15) is 64.2 Å². The van der Waals surface area contributed by atoms with Crippen molar-refractivity contribution in [2.75, 3.05) is 0 Å². The first-order valence-corrected chi connectivity index (χ1v) is 7.23.